The van der Waals surface area contributed by atoms with Gasteiger partial charge in [0.2, 0.25) is 0 Å². The first-order valence-corrected chi connectivity index (χ1v) is 5.24. The third-order valence-corrected chi connectivity index (χ3v) is 2.36. The van der Waals surface area contributed by atoms with Crippen LogP contribution in [0.1, 0.15) is 18.9 Å². The third-order valence-electron chi connectivity index (χ3n) is 2.36. The smallest absolute Gasteiger partial charge is 0.305 e. The molecule has 6 nitrogen and oxygen atoms in total. The number of nitrogens with one attached hydrogen (secondary N) is 1. The van der Waals surface area contributed by atoms with Crippen LogP contribution < -0.4 is 5.32 Å². The Labute approximate surface area is 103 Å². The molecule has 0 heterocycles. The summed E-state index contributed by atoms with van der Waals surface area (Å²) >= 11 is 0. The summed E-state index contributed by atoms with van der Waals surface area (Å²) in [7, 11) is 0. The second-order valence-electron chi connectivity index (χ2n) is 4.02. The van der Waals surface area contributed by atoms with Crippen LogP contribution in [0, 0.1) is 22.9 Å². The number of rotatable bonds is 5. The minimum Gasteiger partial charge on any atom is -0.481 e. The Bertz CT molecular complexity index is 490. The van der Waals surface area contributed by atoms with E-state index in [4.69, 9.17) is 5.11 Å². The summed E-state index contributed by atoms with van der Waals surface area (Å²) in [6.45, 7) is 3.06. The lowest BCUT2D eigenvalue weighted by Gasteiger charge is -2.14. The summed E-state index contributed by atoms with van der Waals surface area (Å²) in [5.74, 6) is -1.69. The van der Waals surface area contributed by atoms with Gasteiger partial charge in [-0.25, -0.2) is 4.39 Å². The highest BCUT2D eigenvalue weighted by atomic mass is 19.1. The van der Waals surface area contributed by atoms with E-state index < -0.39 is 28.4 Å². The standard InChI is InChI=1S/C11H13FN2O4/c1-6-3-9(13-7(2)4-11(15)16)10(14(17)18)5-8(6)12/h3,5,7,13H,4H2,1-2H3,(H,15,16). The van der Waals surface area contributed by atoms with Gasteiger partial charge in [0.1, 0.15) is 11.5 Å². The molecule has 1 rings (SSSR count). The Balaban J connectivity index is 3.03. The zero-order valence-corrected chi connectivity index (χ0v) is 9.94. The number of nitro benzene ring substituents is 1. The van der Waals surface area contributed by atoms with Crippen LogP contribution in [0.5, 0.6) is 0 Å². The quantitative estimate of drug-likeness (QED) is 0.623. The molecular formula is C11H13FN2O4. The van der Waals surface area contributed by atoms with Gasteiger partial charge in [0.15, 0.2) is 0 Å². The van der Waals surface area contributed by atoms with E-state index in [1.807, 2.05) is 0 Å². The van der Waals surface area contributed by atoms with Crippen molar-refractivity contribution in [1.29, 1.82) is 0 Å². The highest BCUT2D eigenvalue weighted by Crippen LogP contribution is 2.28. The summed E-state index contributed by atoms with van der Waals surface area (Å²) < 4.78 is 13.2. The molecule has 0 fully saturated rings. The van der Waals surface area contributed by atoms with Crippen molar-refractivity contribution in [3.8, 4) is 0 Å². The molecular weight excluding hydrogens is 243 g/mol. The average molecular weight is 256 g/mol. The number of nitrogens with zero attached hydrogens (tertiary/aromatic N) is 1. The first kappa shape index (κ1) is 13.9. The molecule has 0 aliphatic heterocycles. The largest absolute Gasteiger partial charge is 0.481 e. The van der Waals surface area contributed by atoms with Crippen LogP contribution in [0.3, 0.4) is 0 Å². The zero-order valence-electron chi connectivity index (χ0n) is 9.94. The van der Waals surface area contributed by atoms with Gasteiger partial charge >= 0.3 is 5.97 Å². The maximum absolute atomic E-state index is 13.2. The summed E-state index contributed by atoms with van der Waals surface area (Å²) in [5, 5.41) is 22.1. The molecule has 98 valence electrons. The minimum atomic E-state index is -1.02. The van der Waals surface area contributed by atoms with Crippen molar-refractivity contribution in [3.05, 3.63) is 33.6 Å². The fourth-order valence-electron chi connectivity index (χ4n) is 1.52. The van der Waals surface area contributed by atoms with Crippen LogP contribution in [-0.2, 0) is 4.79 Å². The van der Waals surface area contributed by atoms with E-state index in [1.165, 1.54) is 13.0 Å². The lowest BCUT2D eigenvalue weighted by molar-refractivity contribution is -0.384. The number of carbonyl (C=O) groups is 1. The zero-order chi connectivity index (χ0) is 13.9. The normalized spacial score (nSPS) is 11.9. The summed E-state index contributed by atoms with van der Waals surface area (Å²) in [5.41, 5.74) is -0.0337. The molecule has 7 heteroatoms. The van der Waals surface area contributed by atoms with Crippen molar-refractivity contribution in [1.82, 2.24) is 0 Å². The number of aryl methyl sites for hydroxylation is 1. The summed E-state index contributed by atoms with van der Waals surface area (Å²) in [4.78, 5) is 20.6. The predicted octanol–water partition coefficient (Wildman–Crippen LogP) is 2.32. The highest BCUT2D eigenvalue weighted by Gasteiger charge is 2.19. The van der Waals surface area contributed by atoms with Gasteiger partial charge < -0.3 is 10.4 Å². The van der Waals surface area contributed by atoms with Crippen LogP contribution in [0.2, 0.25) is 0 Å². The molecule has 2 N–H and O–H groups in total. The first-order chi connectivity index (χ1) is 8.31. The van der Waals surface area contributed by atoms with Crippen molar-refractivity contribution in [2.24, 2.45) is 0 Å². The van der Waals surface area contributed by atoms with Crippen molar-refractivity contribution in [2.45, 2.75) is 26.3 Å². The molecule has 1 aromatic rings. The van der Waals surface area contributed by atoms with Crippen molar-refractivity contribution < 1.29 is 19.2 Å². The molecule has 1 unspecified atom stereocenters. The average Bonchev–Trinajstić information content (AvgIpc) is 2.21. The Morgan fingerprint density at radius 3 is 2.72 bits per heavy atom. The van der Waals surface area contributed by atoms with E-state index in [2.05, 4.69) is 5.32 Å². The topological polar surface area (TPSA) is 92.5 Å². The fraction of sp³-hybridized carbons (Fsp3) is 0.364. The first-order valence-electron chi connectivity index (χ1n) is 5.24. The molecule has 0 spiro atoms. The number of nitro groups is 1. The van der Waals surface area contributed by atoms with Gasteiger partial charge in [-0.2, -0.15) is 0 Å². The van der Waals surface area contributed by atoms with Gasteiger partial charge in [-0.15, -0.1) is 0 Å². The maximum Gasteiger partial charge on any atom is 0.305 e. The number of aliphatic carboxylic acids is 1. The van der Waals surface area contributed by atoms with Gasteiger partial charge in [0, 0.05) is 6.04 Å². The van der Waals surface area contributed by atoms with Crippen LogP contribution >= 0.6 is 0 Å². The molecule has 0 bridgehead atoms. The van der Waals surface area contributed by atoms with Gasteiger partial charge in [-0.1, -0.05) is 0 Å². The second kappa shape index (κ2) is 5.44. The molecule has 0 aliphatic carbocycles. The number of hydrogen-bond acceptors (Lipinski definition) is 4. The Kier molecular flexibility index (Phi) is 4.19. The van der Waals surface area contributed by atoms with E-state index in [1.54, 1.807) is 6.92 Å². The predicted molar refractivity (Wildman–Crippen MR) is 63.1 cm³/mol. The highest BCUT2D eigenvalue weighted by molar-refractivity contribution is 5.69. The lowest BCUT2D eigenvalue weighted by atomic mass is 10.1. The maximum atomic E-state index is 13.2. The van der Waals surface area contributed by atoms with Gasteiger partial charge in [0.25, 0.3) is 5.69 Å². The number of anilines is 1. The van der Waals surface area contributed by atoms with Crippen LogP contribution in [0.25, 0.3) is 0 Å². The van der Waals surface area contributed by atoms with Gasteiger partial charge in [-0.05, 0) is 25.5 Å². The monoisotopic (exact) mass is 256 g/mol. The van der Waals surface area contributed by atoms with Gasteiger partial charge in [-0.3, -0.25) is 14.9 Å². The summed E-state index contributed by atoms with van der Waals surface area (Å²) in [6, 6.07) is 1.63. The molecule has 0 radical (unpaired) electrons. The Hall–Kier alpha value is -2.18. The van der Waals surface area contributed by atoms with Crippen LogP contribution in [0.4, 0.5) is 15.8 Å². The molecule has 0 saturated heterocycles. The van der Waals surface area contributed by atoms with Crippen molar-refractivity contribution in [2.75, 3.05) is 5.32 Å². The molecule has 1 aromatic carbocycles. The molecule has 0 aliphatic rings. The molecule has 0 amide bonds. The van der Waals surface area contributed by atoms with E-state index in [9.17, 15) is 19.3 Å². The lowest BCUT2D eigenvalue weighted by Crippen LogP contribution is -2.20. The van der Waals surface area contributed by atoms with Gasteiger partial charge in [0.05, 0.1) is 17.4 Å². The molecule has 0 saturated carbocycles. The van der Waals surface area contributed by atoms with E-state index in [0.717, 1.165) is 6.07 Å². The van der Waals surface area contributed by atoms with Crippen molar-refractivity contribution in [3.63, 3.8) is 0 Å². The van der Waals surface area contributed by atoms with E-state index in [-0.39, 0.29) is 17.7 Å². The number of hydrogen-bond donors (Lipinski definition) is 2. The second-order valence-corrected chi connectivity index (χ2v) is 4.02. The number of carboxylic acids is 1. The van der Waals surface area contributed by atoms with E-state index >= 15 is 0 Å². The Morgan fingerprint density at radius 1 is 1.61 bits per heavy atom. The molecule has 1 atom stereocenters. The number of benzene rings is 1. The molecule has 0 aromatic heterocycles. The molecule has 18 heavy (non-hydrogen) atoms. The Morgan fingerprint density at radius 2 is 2.22 bits per heavy atom. The van der Waals surface area contributed by atoms with Crippen LogP contribution in [-0.4, -0.2) is 22.0 Å². The fourth-order valence-corrected chi connectivity index (χ4v) is 1.52. The van der Waals surface area contributed by atoms with Crippen molar-refractivity contribution >= 4 is 17.3 Å². The third kappa shape index (κ3) is 3.41. The SMILES string of the molecule is Cc1cc(NC(C)CC(=O)O)c([N+](=O)[O-])cc1F. The minimum absolute atomic E-state index is 0.118. The number of carboxylic acid groups (broad SMARTS) is 1. The summed E-state index contributed by atoms with van der Waals surface area (Å²) in [6.07, 6.45) is -0.187. The van der Waals surface area contributed by atoms with Crippen LogP contribution in [0.15, 0.2) is 12.1 Å². The number of halogens is 1. The van der Waals surface area contributed by atoms with E-state index in [0.29, 0.717) is 0 Å².